The first-order valence-electron chi connectivity index (χ1n) is 8.54. The van der Waals surface area contributed by atoms with Crippen LogP contribution >= 0.6 is 0 Å². The Labute approximate surface area is 164 Å². The summed E-state index contributed by atoms with van der Waals surface area (Å²) in [5.74, 6) is 0.00927. The first kappa shape index (κ1) is 19.9. The van der Waals surface area contributed by atoms with E-state index in [1.54, 1.807) is 0 Å². The minimum atomic E-state index is -4.68. The summed E-state index contributed by atoms with van der Waals surface area (Å²) in [5.41, 5.74) is -1.08. The Hall–Kier alpha value is -3.44. The van der Waals surface area contributed by atoms with Crippen LogP contribution < -0.4 is 10.6 Å². The van der Waals surface area contributed by atoms with Crippen molar-refractivity contribution in [2.45, 2.75) is 19.3 Å². The number of benzene rings is 1. The van der Waals surface area contributed by atoms with Crippen LogP contribution in [0.15, 0.2) is 34.9 Å². The van der Waals surface area contributed by atoms with Crippen molar-refractivity contribution in [3.8, 4) is 0 Å². The van der Waals surface area contributed by atoms with Crippen molar-refractivity contribution in [3.63, 3.8) is 0 Å². The van der Waals surface area contributed by atoms with E-state index in [2.05, 4.69) is 25.6 Å². The van der Waals surface area contributed by atoms with Gasteiger partial charge in [0.05, 0.1) is 5.39 Å². The van der Waals surface area contributed by atoms with Gasteiger partial charge in [0.15, 0.2) is 0 Å². The molecule has 0 bridgehead atoms. The molecule has 0 radical (unpaired) electrons. The van der Waals surface area contributed by atoms with Crippen molar-refractivity contribution in [3.05, 3.63) is 41.8 Å². The highest BCUT2D eigenvalue weighted by Crippen LogP contribution is 2.38. The van der Waals surface area contributed by atoms with E-state index in [1.165, 1.54) is 31.3 Å². The Morgan fingerprint density at radius 1 is 1.07 bits per heavy atom. The minimum absolute atomic E-state index is 0.00306. The van der Waals surface area contributed by atoms with Crippen molar-refractivity contribution in [1.82, 2.24) is 15.0 Å². The number of anilines is 3. The third-order valence-electron chi connectivity index (χ3n) is 4.17. The van der Waals surface area contributed by atoms with Gasteiger partial charge in [-0.25, -0.2) is 0 Å². The van der Waals surface area contributed by atoms with Gasteiger partial charge in [0.25, 0.3) is 0 Å². The summed E-state index contributed by atoms with van der Waals surface area (Å²) < 4.78 is 83.2. The average molecular weight is 429 g/mol. The van der Waals surface area contributed by atoms with Crippen molar-refractivity contribution in [1.29, 1.82) is 0 Å². The summed E-state index contributed by atoms with van der Waals surface area (Å²) >= 11 is 0. The summed E-state index contributed by atoms with van der Waals surface area (Å²) in [7, 11) is 0. The fraction of sp³-hybridized carbons (Fsp3) is 0.222. The summed E-state index contributed by atoms with van der Waals surface area (Å²) in [5, 5.41) is 5.33. The van der Waals surface area contributed by atoms with Gasteiger partial charge in [-0.2, -0.15) is 36.3 Å². The molecule has 30 heavy (non-hydrogen) atoms. The molecule has 158 valence electrons. The smallest absolute Gasteiger partial charge is 0.420 e. The number of furan rings is 1. The number of rotatable bonds is 4. The molecule has 0 amide bonds. The molecule has 3 heterocycles. The van der Waals surface area contributed by atoms with E-state index in [0.717, 1.165) is 6.07 Å². The van der Waals surface area contributed by atoms with Crippen molar-refractivity contribution >= 4 is 39.5 Å². The molecule has 0 aliphatic rings. The fourth-order valence-corrected chi connectivity index (χ4v) is 3.01. The van der Waals surface area contributed by atoms with Crippen molar-refractivity contribution in [2.75, 3.05) is 17.2 Å². The molecule has 1 aromatic carbocycles. The quantitative estimate of drug-likeness (QED) is 0.360. The molecule has 0 atom stereocenters. The van der Waals surface area contributed by atoms with Crippen molar-refractivity contribution in [2.24, 2.45) is 0 Å². The number of nitrogens with one attached hydrogen (secondary N) is 3. The summed E-state index contributed by atoms with van der Waals surface area (Å²) in [6, 6.07) is 5.17. The lowest BCUT2D eigenvalue weighted by atomic mass is 10.1. The van der Waals surface area contributed by atoms with E-state index in [1.807, 2.05) is 0 Å². The molecule has 4 aromatic rings. The maximum absolute atomic E-state index is 13.4. The normalized spacial score (nSPS) is 12.6. The molecule has 0 unspecified atom stereocenters. The predicted octanol–water partition coefficient (Wildman–Crippen LogP) is 5.75. The van der Waals surface area contributed by atoms with Crippen LogP contribution in [0.5, 0.6) is 0 Å². The molecular weight excluding hydrogens is 416 g/mol. The lowest BCUT2D eigenvalue weighted by Crippen LogP contribution is -2.22. The first-order chi connectivity index (χ1) is 14.0. The summed E-state index contributed by atoms with van der Waals surface area (Å²) in [6.07, 6.45) is -7.69. The Balaban J connectivity index is 1.74. The second-order valence-electron chi connectivity index (χ2n) is 6.53. The van der Waals surface area contributed by atoms with Gasteiger partial charge in [0.1, 0.15) is 34.9 Å². The number of aryl methyl sites for hydroxylation is 1. The van der Waals surface area contributed by atoms with E-state index in [9.17, 15) is 26.3 Å². The van der Waals surface area contributed by atoms with Crippen LogP contribution in [0, 0.1) is 6.92 Å². The summed E-state index contributed by atoms with van der Waals surface area (Å²) in [6.45, 7) is 0.191. The van der Waals surface area contributed by atoms with Gasteiger partial charge < -0.3 is 20.0 Å². The fourth-order valence-electron chi connectivity index (χ4n) is 3.01. The minimum Gasteiger partial charge on any atom is -0.461 e. The monoisotopic (exact) mass is 429 g/mol. The largest absolute Gasteiger partial charge is 0.461 e. The molecule has 0 saturated heterocycles. The van der Waals surface area contributed by atoms with Crippen molar-refractivity contribution < 1.29 is 30.8 Å². The number of fused-ring (bicyclic) bond motifs is 2. The second-order valence-corrected chi connectivity index (χ2v) is 6.53. The Bertz CT molecular complexity index is 1220. The molecule has 3 N–H and O–H groups in total. The van der Waals surface area contributed by atoms with Gasteiger partial charge in [-0.1, -0.05) is 0 Å². The number of alkyl halides is 6. The molecular formula is C18H13F6N5O. The zero-order valence-electron chi connectivity index (χ0n) is 15.2. The molecule has 0 spiro atoms. The number of aromatic amines is 1. The topological polar surface area (TPSA) is 78.8 Å². The molecule has 0 saturated carbocycles. The molecule has 3 aromatic heterocycles. The highest BCUT2D eigenvalue weighted by Gasteiger charge is 2.35. The van der Waals surface area contributed by atoms with Gasteiger partial charge in [0, 0.05) is 17.3 Å². The highest BCUT2D eigenvalue weighted by atomic mass is 19.4. The van der Waals surface area contributed by atoms with Gasteiger partial charge in [-0.15, -0.1) is 0 Å². The van der Waals surface area contributed by atoms with Gasteiger partial charge in [-0.05, 0) is 31.2 Å². The number of aromatic nitrogens is 3. The van der Waals surface area contributed by atoms with E-state index >= 15 is 0 Å². The maximum Gasteiger partial charge on any atom is 0.420 e. The number of halogens is 6. The lowest BCUT2D eigenvalue weighted by molar-refractivity contribution is -0.136. The SMILES string of the molecule is Cc1cc2cc(Nc3nc(NCC(F)(F)F)c4cc[nH]c4n3)cc(C(F)(F)F)c2o1. The third-order valence-corrected chi connectivity index (χ3v) is 4.17. The maximum atomic E-state index is 13.4. The molecule has 0 aliphatic heterocycles. The number of nitrogens with zero attached hydrogens (tertiary/aromatic N) is 2. The Kier molecular flexibility index (Phi) is 4.51. The van der Waals surface area contributed by atoms with Crippen LogP contribution in [0.4, 0.5) is 43.8 Å². The molecule has 0 aliphatic carbocycles. The number of hydrogen-bond acceptors (Lipinski definition) is 5. The van der Waals surface area contributed by atoms with Crippen LogP contribution in [0.3, 0.4) is 0 Å². The molecule has 0 fully saturated rings. The van der Waals surface area contributed by atoms with Crippen LogP contribution in [-0.2, 0) is 6.18 Å². The van der Waals surface area contributed by atoms with Crippen LogP contribution in [0.25, 0.3) is 22.0 Å². The third kappa shape index (κ3) is 3.98. The Morgan fingerprint density at radius 3 is 2.53 bits per heavy atom. The van der Waals surface area contributed by atoms with Crippen LogP contribution in [0.2, 0.25) is 0 Å². The van der Waals surface area contributed by atoms with E-state index < -0.39 is 24.5 Å². The molecule has 12 heteroatoms. The number of hydrogen-bond donors (Lipinski definition) is 3. The van der Waals surface area contributed by atoms with Crippen LogP contribution in [-0.4, -0.2) is 27.7 Å². The lowest BCUT2D eigenvalue weighted by Gasteiger charge is -2.13. The number of H-pyrrole nitrogens is 1. The zero-order chi connectivity index (χ0) is 21.7. The van der Waals surface area contributed by atoms with E-state index in [0.29, 0.717) is 11.1 Å². The average Bonchev–Trinajstić information content (AvgIpc) is 3.22. The Morgan fingerprint density at radius 2 is 1.83 bits per heavy atom. The zero-order valence-corrected chi connectivity index (χ0v) is 15.2. The highest BCUT2D eigenvalue weighted by molar-refractivity contribution is 5.89. The molecule has 6 nitrogen and oxygen atoms in total. The van der Waals surface area contributed by atoms with E-state index in [4.69, 9.17) is 4.42 Å². The second kappa shape index (κ2) is 6.82. The standard InChI is InChI=1S/C18H13F6N5O/c1-8-4-9-5-10(6-12(13(9)30-8)18(22,23)24)27-16-28-14-11(2-3-25-14)15(29-16)26-7-17(19,20)21/h2-6H,7H2,1H3,(H3,25,26,27,28,29). The van der Waals surface area contributed by atoms with Gasteiger partial charge >= 0.3 is 12.4 Å². The van der Waals surface area contributed by atoms with E-state index in [-0.39, 0.29) is 34.1 Å². The summed E-state index contributed by atoms with van der Waals surface area (Å²) in [4.78, 5) is 10.8. The van der Waals surface area contributed by atoms with Gasteiger partial charge in [0.2, 0.25) is 5.95 Å². The van der Waals surface area contributed by atoms with Crippen LogP contribution in [0.1, 0.15) is 11.3 Å². The predicted molar refractivity (Wildman–Crippen MR) is 97.7 cm³/mol. The molecule has 4 rings (SSSR count). The van der Waals surface area contributed by atoms with Gasteiger partial charge in [-0.3, -0.25) is 0 Å². The first-order valence-corrected chi connectivity index (χ1v) is 8.54.